The normalized spacial score (nSPS) is 15.0. The van der Waals surface area contributed by atoms with Crippen molar-refractivity contribution in [2.75, 3.05) is 25.5 Å². The number of piperidine rings is 1. The number of nitrogens with zero attached hydrogens (tertiary/aromatic N) is 4. The SMILES string of the molecule is CN1CCC(NC(=O)c2ccc(Nc3nnc(-c4cc(C#N)cs4)o3)cc2)CC1. The van der Waals surface area contributed by atoms with Crippen LogP contribution in [0.3, 0.4) is 0 Å². The van der Waals surface area contributed by atoms with Gasteiger partial charge in [-0.1, -0.05) is 5.10 Å². The highest BCUT2D eigenvalue weighted by atomic mass is 32.1. The predicted octanol–water partition coefficient (Wildman–Crippen LogP) is 3.24. The van der Waals surface area contributed by atoms with Crippen LogP contribution in [0.1, 0.15) is 28.8 Å². The molecule has 0 aliphatic carbocycles. The Labute approximate surface area is 172 Å². The van der Waals surface area contributed by atoms with Gasteiger partial charge in [0, 0.05) is 22.7 Å². The molecule has 29 heavy (non-hydrogen) atoms. The highest BCUT2D eigenvalue weighted by Crippen LogP contribution is 2.27. The molecule has 4 rings (SSSR count). The minimum absolute atomic E-state index is 0.0582. The maximum Gasteiger partial charge on any atom is 0.320 e. The average molecular weight is 408 g/mol. The summed E-state index contributed by atoms with van der Waals surface area (Å²) in [7, 11) is 2.10. The van der Waals surface area contributed by atoms with Gasteiger partial charge in [-0.3, -0.25) is 4.79 Å². The number of carbonyl (C=O) groups excluding carboxylic acids is 1. The lowest BCUT2D eigenvalue weighted by Gasteiger charge is -2.29. The molecule has 3 heterocycles. The molecular formula is C20H20N6O2S. The average Bonchev–Trinajstić information content (AvgIpc) is 3.39. The number of hydrogen-bond acceptors (Lipinski definition) is 8. The van der Waals surface area contributed by atoms with Crippen molar-refractivity contribution in [1.82, 2.24) is 20.4 Å². The fourth-order valence-corrected chi connectivity index (χ4v) is 3.88. The van der Waals surface area contributed by atoms with E-state index >= 15 is 0 Å². The Hall–Kier alpha value is -3.22. The number of nitrogens with one attached hydrogen (secondary N) is 2. The first-order valence-electron chi connectivity index (χ1n) is 9.30. The van der Waals surface area contributed by atoms with Crippen LogP contribution in [-0.2, 0) is 0 Å². The Balaban J connectivity index is 1.36. The van der Waals surface area contributed by atoms with Gasteiger partial charge in [0.25, 0.3) is 11.8 Å². The molecule has 8 nitrogen and oxygen atoms in total. The second kappa shape index (κ2) is 8.43. The number of hydrogen-bond donors (Lipinski definition) is 2. The van der Waals surface area contributed by atoms with Gasteiger partial charge in [0.1, 0.15) is 6.07 Å². The third-order valence-electron chi connectivity index (χ3n) is 4.82. The van der Waals surface area contributed by atoms with E-state index in [0.717, 1.165) is 36.5 Å². The van der Waals surface area contributed by atoms with Gasteiger partial charge in [0.15, 0.2) is 0 Å². The Bertz CT molecular complexity index is 1030. The molecule has 1 amide bonds. The van der Waals surface area contributed by atoms with Crippen LogP contribution in [-0.4, -0.2) is 47.2 Å². The van der Waals surface area contributed by atoms with Gasteiger partial charge in [-0.25, -0.2) is 0 Å². The van der Waals surface area contributed by atoms with Crippen LogP contribution in [0, 0.1) is 11.3 Å². The van der Waals surface area contributed by atoms with E-state index in [2.05, 4.69) is 38.8 Å². The summed E-state index contributed by atoms with van der Waals surface area (Å²) < 4.78 is 5.60. The lowest BCUT2D eigenvalue weighted by molar-refractivity contribution is 0.0917. The van der Waals surface area contributed by atoms with Crippen LogP contribution in [0.5, 0.6) is 0 Å². The van der Waals surface area contributed by atoms with Crippen LogP contribution < -0.4 is 10.6 Å². The minimum atomic E-state index is -0.0582. The third-order valence-corrected chi connectivity index (χ3v) is 5.73. The summed E-state index contributed by atoms with van der Waals surface area (Å²) in [5.41, 5.74) is 1.91. The zero-order valence-corrected chi connectivity index (χ0v) is 16.7. The number of carbonyl (C=O) groups is 1. The molecule has 0 bridgehead atoms. The van der Waals surface area contributed by atoms with E-state index in [4.69, 9.17) is 9.68 Å². The molecule has 1 fully saturated rings. The highest BCUT2D eigenvalue weighted by Gasteiger charge is 2.19. The van der Waals surface area contributed by atoms with Gasteiger partial charge < -0.3 is 20.0 Å². The van der Waals surface area contributed by atoms with Gasteiger partial charge in [-0.2, -0.15) is 5.26 Å². The van der Waals surface area contributed by atoms with Crippen LogP contribution in [0.25, 0.3) is 10.8 Å². The molecule has 2 aromatic heterocycles. The largest absolute Gasteiger partial charge is 0.402 e. The minimum Gasteiger partial charge on any atom is -0.402 e. The first kappa shape index (κ1) is 19.1. The number of thiophene rings is 1. The topological polar surface area (TPSA) is 107 Å². The van der Waals surface area contributed by atoms with Crippen molar-refractivity contribution in [2.45, 2.75) is 18.9 Å². The molecule has 0 saturated carbocycles. The van der Waals surface area contributed by atoms with E-state index in [1.807, 2.05) is 0 Å². The molecule has 1 saturated heterocycles. The maximum absolute atomic E-state index is 12.4. The molecule has 0 atom stereocenters. The molecule has 0 spiro atoms. The van der Waals surface area contributed by atoms with Crippen molar-refractivity contribution < 1.29 is 9.21 Å². The van der Waals surface area contributed by atoms with E-state index in [9.17, 15) is 4.79 Å². The van der Waals surface area contributed by atoms with Gasteiger partial charge in [0.05, 0.1) is 10.4 Å². The van der Waals surface area contributed by atoms with Crippen LogP contribution in [0.15, 0.2) is 40.1 Å². The fraction of sp³-hybridized carbons (Fsp3) is 0.300. The zero-order valence-electron chi connectivity index (χ0n) is 15.9. The van der Waals surface area contributed by atoms with Crippen LogP contribution in [0.2, 0.25) is 0 Å². The second-order valence-corrected chi connectivity index (χ2v) is 7.89. The van der Waals surface area contributed by atoms with Crippen molar-refractivity contribution in [1.29, 1.82) is 5.26 Å². The molecule has 1 aliphatic rings. The summed E-state index contributed by atoms with van der Waals surface area (Å²) in [4.78, 5) is 15.5. The summed E-state index contributed by atoms with van der Waals surface area (Å²) >= 11 is 1.37. The summed E-state index contributed by atoms with van der Waals surface area (Å²) in [5, 5.41) is 24.8. The highest BCUT2D eigenvalue weighted by molar-refractivity contribution is 7.13. The number of anilines is 2. The summed E-state index contributed by atoms with van der Waals surface area (Å²) in [5.74, 6) is 0.297. The molecule has 2 N–H and O–H groups in total. The number of likely N-dealkylation sites (tertiary alicyclic amines) is 1. The van der Waals surface area contributed by atoms with Crippen molar-refractivity contribution in [3.8, 4) is 16.8 Å². The molecule has 1 aliphatic heterocycles. The van der Waals surface area contributed by atoms with Crippen molar-refractivity contribution in [3.63, 3.8) is 0 Å². The number of rotatable bonds is 5. The number of benzene rings is 1. The molecular weight excluding hydrogens is 388 g/mol. The van der Waals surface area contributed by atoms with Gasteiger partial charge in [-0.15, -0.1) is 16.4 Å². The fourth-order valence-electron chi connectivity index (χ4n) is 3.13. The smallest absolute Gasteiger partial charge is 0.320 e. The standard InChI is InChI=1S/C20H20N6O2S/c1-26-8-6-16(7-9-26)22-18(27)14-2-4-15(5-3-14)23-20-25-24-19(28-20)17-10-13(11-21)12-29-17/h2-5,10,12,16H,6-9H2,1H3,(H,22,27)(H,23,25). The summed E-state index contributed by atoms with van der Waals surface area (Å²) in [6.45, 7) is 2.01. The summed E-state index contributed by atoms with van der Waals surface area (Å²) in [6, 6.07) is 11.4. The number of aromatic nitrogens is 2. The monoisotopic (exact) mass is 408 g/mol. The third kappa shape index (κ3) is 4.62. The van der Waals surface area contributed by atoms with E-state index in [0.29, 0.717) is 17.0 Å². The zero-order chi connectivity index (χ0) is 20.2. The Morgan fingerprint density at radius 3 is 2.72 bits per heavy atom. The lowest BCUT2D eigenvalue weighted by atomic mass is 10.0. The van der Waals surface area contributed by atoms with E-state index in [-0.39, 0.29) is 18.0 Å². The first-order chi connectivity index (χ1) is 14.1. The molecule has 148 valence electrons. The number of amides is 1. The molecule has 0 radical (unpaired) electrons. The predicted molar refractivity (Wildman–Crippen MR) is 110 cm³/mol. The Morgan fingerprint density at radius 2 is 2.03 bits per heavy atom. The lowest BCUT2D eigenvalue weighted by Crippen LogP contribution is -2.43. The Morgan fingerprint density at radius 1 is 1.28 bits per heavy atom. The van der Waals surface area contributed by atoms with E-state index < -0.39 is 0 Å². The maximum atomic E-state index is 12.4. The van der Waals surface area contributed by atoms with Crippen LogP contribution >= 0.6 is 11.3 Å². The molecule has 3 aromatic rings. The van der Waals surface area contributed by atoms with Gasteiger partial charge in [0.2, 0.25) is 0 Å². The molecule has 9 heteroatoms. The van der Waals surface area contributed by atoms with E-state index in [1.165, 1.54) is 11.3 Å². The molecule has 1 aromatic carbocycles. The van der Waals surface area contributed by atoms with Gasteiger partial charge in [-0.05, 0) is 63.3 Å². The van der Waals surface area contributed by atoms with E-state index in [1.54, 1.807) is 35.7 Å². The summed E-state index contributed by atoms with van der Waals surface area (Å²) in [6.07, 6.45) is 1.95. The van der Waals surface area contributed by atoms with Gasteiger partial charge >= 0.3 is 6.01 Å². The quantitative estimate of drug-likeness (QED) is 0.667. The van der Waals surface area contributed by atoms with Crippen LogP contribution in [0.4, 0.5) is 11.7 Å². The first-order valence-corrected chi connectivity index (χ1v) is 10.2. The van der Waals surface area contributed by atoms with Crippen molar-refractivity contribution >= 4 is 28.9 Å². The van der Waals surface area contributed by atoms with Crippen molar-refractivity contribution in [2.24, 2.45) is 0 Å². The second-order valence-electron chi connectivity index (χ2n) is 6.98. The molecule has 0 unspecified atom stereocenters. The number of nitriles is 1. The Kier molecular flexibility index (Phi) is 5.55. The van der Waals surface area contributed by atoms with Crippen molar-refractivity contribution in [3.05, 3.63) is 46.8 Å².